The Kier molecular flexibility index (Phi) is 5.92. The largest absolute Gasteiger partial charge is 0.478 e. The van der Waals surface area contributed by atoms with Crippen LogP contribution in [0.1, 0.15) is 45.3 Å². The predicted molar refractivity (Wildman–Crippen MR) is 91.6 cm³/mol. The summed E-state index contributed by atoms with van der Waals surface area (Å²) in [6, 6.07) is 0. The Morgan fingerprint density at radius 3 is 2.46 bits per heavy atom. The third-order valence-electron chi connectivity index (χ3n) is 3.97. The molecule has 6 nitrogen and oxygen atoms in total. The lowest BCUT2D eigenvalue weighted by Gasteiger charge is -2.23. The molecule has 1 unspecified atom stereocenters. The number of aliphatic carboxylic acids is 2. The highest BCUT2D eigenvalue weighted by Crippen LogP contribution is 2.42. The number of hydrogen-bond donors (Lipinski definition) is 3. The Morgan fingerprint density at radius 1 is 1.25 bits per heavy atom. The molecule has 0 saturated carbocycles. The van der Waals surface area contributed by atoms with Gasteiger partial charge >= 0.3 is 11.9 Å². The topological polar surface area (TPSA) is 103 Å². The van der Waals surface area contributed by atoms with E-state index in [9.17, 15) is 9.59 Å². The molecule has 2 aromatic rings. The van der Waals surface area contributed by atoms with Gasteiger partial charge < -0.3 is 15.2 Å². The Bertz CT molecular complexity index is 731. The molecule has 3 rings (SSSR count). The molecule has 0 aromatic carbocycles. The van der Waals surface area contributed by atoms with Crippen LogP contribution in [-0.2, 0) is 16.0 Å². The highest BCUT2D eigenvalue weighted by Gasteiger charge is 2.27. The van der Waals surface area contributed by atoms with Crippen molar-refractivity contribution in [1.29, 1.82) is 0 Å². The third kappa shape index (κ3) is 4.32. The van der Waals surface area contributed by atoms with Crippen molar-refractivity contribution in [1.82, 2.24) is 9.97 Å². The van der Waals surface area contributed by atoms with Crippen molar-refractivity contribution < 1.29 is 19.8 Å². The second-order valence-electron chi connectivity index (χ2n) is 5.57. The van der Waals surface area contributed by atoms with Gasteiger partial charge in [0, 0.05) is 39.7 Å². The first-order valence-corrected chi connectivity index (χ1v) is 8.42. The highest BCUT2D eigenvalue weighted by atomic mass is 32.1. The molecule has 7 heteroatoms. The van der Waals surface area contributed by atoms with E-state index in [1.165, 1.54) is 34.7 Å². The van der Waals surface area contributed by atoms with Crippen LogP contribution < -0.4 is 0 Å². The summed E-state index contributed by atoms with van der Waals surface area (Å²) in [4.78, 5) is 29.5. The van der Waals surface area contributed by atoms with E-state index in [1.54, 1.807) is 17.5 Å². The van der Waals surface area contributed by atoms with Gasteiger partial charge in [0.2, 0.25) is 0 Å². The molecule has 24 heavy (non-hydrogen) atoms. The minimum atomic E-state index is -1.26. The molecule has 0 radical (unpaired) electrons. The number of nitrogens with zero attached hydrogens (tertiary/aromatic N) is 1. The Morgan fingerprint density at radius 2 is 1.92 bits per heavy atom. The smallest absolute Gasteiger partial charge is 0.328 e. The molecule has 1 aliphatic carbocycles. The van der Waals surface area contributed by atoms with Crippen LogP contribution in [-0.4, -0.2) is 32.1 Å². The molecular formula is C17H20N2O4S. The third-order valence-corrected chi connectivity index (χ3v) is 5.05. The van der Waals surface area contributed by atoms with Gasteiger partial charge in [-0.1, -0.05) is 0 Å². The highest BCUT2D eigenvalue weighted by molar-refractivity contribution is 7.12. The number of aryl methyl sites for hydroxylation is 2. The van der Waals surface area contributed by atoms with Gasteiger partial charge in [-0.05, 0) is 44.2 Å². The first-order valence-electron chi connectivity index (χ1n) is 7.61. The number of hydrogen-bond acceptors (Lipinski definition) is 4. The van der Waals surface area contributed by atoms with E-state index in [0.717, 1.165) is 0 Å². The zero-order chi connectivity index (χ0) is 17.7. The van der Waals surface area contributed by atoms with Crippen LogP contribution in [0.4, 0.5) is 0 Å². The van der Waals surface area contributed by atoms with E-state index >= 15 is 0 Å². The number of rotatable bonds is 3. The molecule has 2 aromatic heterocycles. The van der Waals surface area contributed by atoms with Crippen LogP contribution in [0, 0.1) is 13.8 Å². The van der Waals surface area contributed by atoms with E-state index in [1.807, 2.05) is 17.5 Å². The summed E-state index contributed by atoms with van der Waals surface area (Å²) in [6.45, 7) is 4.51. The van der Waals surface area contributed by atoms with E-state index in [-0.39, 0.29) is 0 Å². The maximum atomic E-state index is 9.55. The number of aromatic amines is 1. The number of nitrogens with one attached hydrogen (secondary N) is 1. The lowest BCUT2D eigenvalue weighted by Crippen LogP contribution is -2.11. The summed E-state index contributed by atoms with van der Waals surface area (Å²) in [5.41, 5.74) is 4.47. The Balaban J connectivity index is 0.000000224. The quantitative estimate of drug-likeness (QED) is 0.739. The first kappa shape index (κ1) is 17.9. The molecule has 1 atom stereocenters. The lowest BCUT2D eigenvalue weighted by molar-refractivity contribution is -0.134. The SMILES string of the molecule is Cc1sc(C)c2c1CCCC2c1cnc[nH]1.O=C(O)/C=C\C(=O)O. The summed E-state index contributed by atoms with van der Waals surface area (Å²) in [5.74, 6) is -1.96. The number of fused-ring (bicyclic) bond motifs is 1. The number of aromatic nitrogens is 2. The maximum absolute atomic E-state index is 9.55. The minimum Gasteiger partial charge on any atom is -0.478 e. The van der Waals surface area contributed by atoms with Crippen molar-refractivity contribution in [2.24, 2.45) is 0 Å². The van der Waals surface area contributed by atoms with Gasteiger partial charge in [0.25, 0.3) is 0 Å². The van der Waals surface area contributed by atoms with Crippen molar-refractivity contribution in [2.75, 3.05) is 0 Å². The molecular weight excluding hydrogens is 328 g/mol. The summed E-state index contributed by atoms with van der Waals surface area (Å²) < 4.78 is 0. The monoisotopic (exact) mass is 348 g/mol. The maximum Gasteiger partial charge on any atom is 0.328 e. The first-order chi connectivity index (χ1) is 11.4. The van der Waals surface area contributed by atoms with Gasteiger partial charge in [-0.15, -0.1) is 11.3 Å². The average Bonchev–Trinajstić information content (AvgIpc) is 3.15. The number of H-pyrrole nitrogens is 1. The molecule has 0 saturated heterocycles. The molecule has 2 heterocycles. The van der Waals surface area contributed by atoms with Crippen molar-refractivity contribution >= 4 is 23.3 Å². The molecule has 1 aliphatic rings. The number of imidazole rings is 1. The molecule has 3 N–H and O–H groups in total. The van der Waals surface area contributed by atoms with E-state index in [0.29, 0.717) is 18.1 Å². The summed E-state index contributed by atoms with van der Waals surface area (Å²) in [7, 11) is 0. The fourth-order valence-electron chi connectivity index (χ4n) is 3.05. The molecule has 0 spiro atoms. The van der Waals surface area contributed by atoms with Crippen LogP contribution in [0.3, 0.4) is 0 Å². The van der Waals surface area contributed by atoms with Gasteiger partial charge in [0.05, 0.1) is 6.33 Å². The van der Waals surface area contributed by atoms with Gasteiger partial charge in [0.1, 0.15) is 0 Å². The molecule has 0 bridgehead atoms. The van der Waals surface area contributed by atoms with Crippen molar-refractivity contribution in [2.45, 2.75) is 39.0 Å². The van der Waals surface area contributed by atoms with Crippen LogP contribution in [0.25, 0.3) is 0 Å². The molecule has 0 fully saturated rings. The summed E-state index contributed by atoms with van der Waals surface area (Å²) in [6.07, 6.45) is 8.70. The zero-order valence-corrected chi connectivity index (χ0v) is 14.4. The van der Waals surface area contributed by atoms with E-state index in [2.05, 4.69) is 23.8 Å². The number of carbonyl (C=O) groups is 2. The van der Waals surface area contributed by atoms with Gasteiger partial charge in [-0.2, -0.15) is 0 Å². The van der Waals surface area contributed by atoms with Gasteiger partial charge in [-0.3, -0.25) is 0 Å². The summed E-state index contributed by atoms with van der Waals surface area (Å²) >= 11 is 1.95. The van der Waals surface area contributed by atoms with Crippen LogP contribution in [0.5, 0.6) is 0 Å². The summed E-state index contributed by atoms with van der Waals surface area (Å²) in [5, 5.41) is 15.6. The van der Waals surface area contributed by atoms with E-state index < -0.39 is 11.9 Å². The molecule has 0 aliphatic heterocycles. The van der Waals surface area contributed by atoms with Crippen molar-refractivity contribution in [3.05, 3.63) is 51.3 Å². The van der Waals surface area contributed by atoms with Crippen LogP contribution >= 0.6 is 11.3 Å². The zero-order valence-electron chi connectivity index (χ0n) is 13.6. The second kappa shape index (κ2) is 7.92. The minimum absolute atomic E-state index is 0.552. The van der Waals surface area contributed by atoms with Gasteiger partial charge in [0.15, 0.2) is 0 Å². The number of thiophene rings is 1. The van der Waals surface area contributed by atoms with Crippen molar-refractivity contribution in [3.8, 4) is 0 Å². The normalized spacial score (nSPS) is 16.3. The van der Waals surface area contributed by atoms with Crippen LogP contribution in [0.15, 0.2) is 24.7 Å². The second-order valence-corrected chi connectivity index (χ2v) is 7.00. The van der Waals surface area contributed by atoms with E-state index in [4.69, 9.17) is 10.2 Å². The van der Waals surface area contributed by atoms with Crippen molar-refractivity contribution in [3.63, 3.8) is 0 Å². The molecule has 0 amide bonds. The van der Waals surface area contributed by atoms with Gasteiger partial charge in [-0.25, -0.2) is 14.6 Å². The number of carboxylic acid groups (broad SMARTS) is 2. The fourth-order valence-corrected chi connectivity index (χ4v) is 4.22. The number of carboxylic acids is 2. The standard InChI is InChI=1S/C13H16N2S.C4H4O4/c1-8-10-4-3-5-11(12-6-14-7-15-12)13(10)9(2)16-8;5-3(6)1-2-4(7)8/h6-7,11H,3-5H2,1-2H3,(H,14,15);1-2H,(H,5,6)(H,7,8)/b;2-1-. The lowest BCUT2D eigenvalue weighted by atomic mass is 9.81. The molecule has 128 valence electrons. The predicted octanol–water partition coefficient (Wildman–Crippen LogP) is 3.27. The average molecular weight is 348 g/mol. The fraction of sp³-hybridized carbons (Fsp3) is 0.353. The Hall–Kier alpha value is -2.41. The van der Waals surface area contributed by atoms with Crippen LogP contribution in [0.2, 0.25) is 0 Å². The Labute approximate surface area is 143 Å².